The summed E-state index contributed by atoms with van der Waals surface area (Å²) in [5.74, 6) is -0.507. The summed E-state index contributed by atoms with van der Waals surface area (Å²) in [7, 11) is 0. The second-order valence-electron chi connectivity index (χ2n) is 9.59. The van der Waals surface area contributed by atoms with E-state index in [0.717, 1.165) is 32.5 Å². The molecule has 0 saturated carbocycles. The van der Waals surface area contributed by atoms with Gasteiger partial charge in [-0.1, -0.05) is 72.0 Å². The minimum Gasteiger partial charge on any atom is -0.463 e. The molecule has 3 heterocycles. The lowest BCUT2D eigenvalue weighted by molar-refractivity contribution is -0.138. The van der Waals surface area contributed by atoms with Crippen LogP contribution in [0, 0.1) is 11.3 Å². The summed E-state index contributed by atoms with van der Waals surface area (Å²) in [6.45, 7) is 2.16. The van der Waals surface area contributed by atoms with E-state index in [1.807, 2.05) is 102 Å². The molecule has 0 radical (unpaired) electrons. The fourth-order valence-electron chi connectivity index (χ4n) is 5.28. The van der Waals surface area contributed by atoms with Crippen LogP contribution in [0.5, 0.6) is 0 Å². The molecule has 9 heteroatoms. The Balaban J connectivity index is 1.64. The summed E-state index contributed by atoms with van der Waals surface area (Å²) in [6, 6.07) is 26.7. The Morgan fingerprint density at radius 1 is 1.10 bits per heavy atom. The average Bonchev–Trinajstić information content (AvgIpc) is 3.53. The number of fused-ring (bicyclic) bond motifs is 2. The number of nitriles is 1. The normalized spacial score (nSPS) is 14.9. The Labute approximate surface area is 250 Å². The number of nitrogens with zero attached hydrogens (tertiary/aromatic N) is 4. The van der Waals surface area contributed by atoms with Crippen molar-refractivity contribution in [1.82, 2.24) is 9.13 Å². The lowest BCUT2D eigenvalue weighted by atomic mass is 9.93. The maximum Gasteiger partial charge on any atom is 0.338 e. The van der Waals surface area contributed by atoms with Gasteiger partial charge in [0.25, 0.3) is 5.56 Å². The highest BCUT2D eigenvalue weighted by Crippen LogP contribution is 2.35. The first kappa shape index (κ1) is 27.5. The number of rotatable bonds is 7. The van der Waals surface area contributed by atoms with E-state index in [2.05, 4.69) is 6.07 Å². The van der Waals surface area contributed by atoms with Gasteiger partial charge in [-0.2, -0.15) is 5.26 Å². The van der Waals surface area contributed by atoms with Gasteiger partial charge in [-0.3, -0.25) is 9.36 Å². The van der Waals surface area contributed by atoms with Gasteiger partial charge in [0.1, 0.15) is 6.54 Å². The quantitative estimate of drug-likeness (QED) is 0.194. The second-order valence-corrected chi connectivity index (χ2v) is 11.5. The maximum atomic E-state index is 14.2. The molecule has 208 valence electrons. The van der Waals surface area contributed by atoms with E-state index in [1.165, 1.54) is 11.3 Å². The molecule has 0 bridgehead atoms. The third kappa shape index (κ3) is 4.89. The highest BCUT2D eigenvalue weighted by atomic mass is 32.2. The van der Waals surface area contributed by atoms with Gasteiger partial charge in [0.2, 0.25) is 0 Å². The van der Waals surface area contributed by atoms with Gasteiger partial charge >= 0.3 is 5.97 Å². The van der Waals surface area contributed by atoms with Gasteiger partial charge in [-0.15, -0.1) is 11.8 Å². The van der Waals surface area contributed by atoms with Crippen LogP contribution in [0.3, 0.4) is 0 Å². The summed E-state index contributed by atoms with van der Waals surface area (Å²) < 4.78 is 9.52. The number of hydrogen-bond donors (Lipinski definition) is 0. The molecular weight excluding hydrogens is 565 g/mol. The highest BCUT2D eigenvalue weighted by molar-refractivity contribution is 7.98. The van der Waals surface area contributed by atoms with Crippen LogP contribution in [0.25, 0.3) is 22.7 Å². The monoisotopic (exact) mass is 590 g/mol. The average molecular weight is 591 g/mol. The fraction of sp³-hybridized carbons (Fsp3) is 0.152. The molecule has 7 nitrogen and oxygen atoms in total. The van der Waals surface area contributed by atoms with Crippen molar-refractivity contribution in [3.63, 3.8) is 0 Å². The van der Waals surface area contributed by atoms with E-state index >= 15 is 0 Å². The van der Waals surface area contributed by atoms with Crippen LogP contribution < -0.4 is 14.9 Å². The number of aromatic nitrogens is 2. The standard InChI is InChI=1S/C33H26N4O3S2/c1-3-40-32(39)28-29(21-9-5-4-6-10-21)35-33-37(30(28)22-13-15-24(41-2)16-14-22)31(38)27(42-33)19-23-20-36(18-17-34)26-12-8-7-11-25(23)26/h4-16,19-20,30H,3,18H2,1-2H3/b27-19-/t30-/m1/s1. The van der Waals surface area contributed by atoms with Crippen molar-refractivity contribution in [2.75, 3.05) is 12.9 Å². The van der Waals surface area contributed by atoms with Crippen LogP contribution >= 0.6 is 23.1 Å². The van der Waals surface area contributed by atoms with Crippen molar-refractivity contribution < 1.29 is 9.53 Å². The minimum absolute atomic E-state index is 0.194. The number of esters is 1. The Hall–Kier alpha value is -4.65. The first-order valence-electron chi connectivity index (χ1n) is 13.4. The van der Waals surface area contributed by atoms with Crippen molar-refractivity contribution >= 4 is 51.7 Å². The molecule has 0 amide bonds. The topological polar surface area (TPSA) is 89.4 Å². The van der Waals surface area contributed by atoms with E-state index in [9.17, 15) is 14.9 Å². The summed E-state index contributed by atoms with van der Waals surface area (Å²) in [5, 5.41) is 10.3. The molecule has 1 atom stereocenters. The first-order chi connectivity index (χ1) is 20.5. The number of para-hydroxylation sites is 1. The number of carbonyl (C=O) groups excluding carboxylic acids is 1. The molecule has 1 aliphatic rings. The number of carbonyl (C=O) groups is 1. The van der Waals surface area contributed by atoms with Gasteiger partial charge in [0, 0.05) is 33.1 Å². The number of hydrogen-bond acceptors (Lipinski definition) is 7. The number of thioether (sulfide) groups is 1. The van der Waals surface area contributed by atoms with Crippen LogP contribution in [0.4, 0.5) is 0 Å². The molecule has 42 heavy (non-hydrogen) atoms. The van der Waals surface area contributed by atoms with Crippen LogP contribution in [0.2, 0.25) is 0 Å². The zero-order chi connectivity index (χ0) is 29.2. The van der Waals surface area contributed by atoms with Crippen molar-refractivity contribution in [3.05, 3.63) is 127 Å². The summed E-state index contributed by atoms with van der Waals surface area (Å²) >= 11 is 2.90. The molecule has 1 aliphatic heterocycles. The van der Waals surface area contributed by atoms with E-state index in [-0.39, 0.29) is 18.7 Å². The molecule has 6 rings (SSSR count). The smallest absolute Gasteiger partial charge is 0.338 e. The molecule has 0 unspecified atom stereocenters. The molecule has 0 fully saturated rings. The molecule has 0 aliphatic carbocycles. The van der Waals surface area contributed by atoms with E-state index in [1.54, 1.807) is 23.3 Å². The van der Waals surface area contributed by atoms with Crippen molar-refractivity contribution in [3.8, 4) is 6.07 Å². The minimum atomic E-state index is -0.728. The molecular formula is C33H26N4O3S2. The van der Waals surface area contributed by atoms with E-state index in [0.29, 0.717) is 20.6 Å². The summed E-state index contributed by atoms with van der Waals surface area (Å²) in [4.78, 5) is 34.3. The van der Waals surface area contributed by atoms with Gasteiger partial charge < -0.3 is 9.30 Å². The predicted octanol–water partition coefficient (Wildman–Crippen LogP) is 5.14. The molecule has 3 aromatic carbocycles. The van der Waals surface area contributed by atoms with Crippen LogP contribution in [0.15, 0.2) is 105 Å². The fourth-order valence-corrected chi connectivity index (χ4v) is 6.68. The van der Waals surface area contributed by atoms with Gasteiger partial charge in [0.05, 0.1) is 34.5 Å². The zero-order valence-corrected chi connectivity index (χ0v) is 24.6. The Bertz CT molecular complexity index is 2060. The van der Waals surface area contributed by atoms with Gasteiger partial charge in [-0.25, -0.2) is 9.79 Å². The molecule has 5 aromatic rings. The van der Waals surface area contributed by atoms with Gasteiger partial charge in [0.15, 0.2) is 4.80 Å². The summed E-state index contributed by atoms with van der Waals surface area (Å²) in [5.41, 5.74) is 3.88. The van der Waals surface area contributed by atoms with Crippen LogP contribution in [-0.4, -0.2) is 28.0 Å². The van der Waals surface area contributed by atoms with E-state index in [4.69, 9.17) is 9.73 Å². The number of thiazole rings is 1. The largest absolute Gasteiger partial charge is 0.463 e. The Morgan fingerprint density at radius 2 is 1.83 bits per heavy atom. The van der Waals surface area contributed by atoms with E-state index < -0.39 is 12.0 Å². The Kier molecular flexibility index (Phi) is 7.66. The van der Waals surface area contributed by atoms with Crippen LogP contribution in [0.1, 0.15) is 29.7 Å². The van der Waals surface area contributed by atoms with Crippen LogP contribution in [-0.2, 0) is 16.1 Å². The third-order valence-electron chi connectivity index (χ3n) is 7.15. The first-order valence-corrected chi connectivity index (χ1v) is 15.5. The molecule has 0 spiro atoms. The number of benzene rings is 3. The molecule has 0 N–H and O–H groups in total. The predicted molar refractivity (Wildman–Crippen MR) is 167 cm³/mol. The molecule has 2 aromatic heterocycles. The SMILES string of the molecule is CCOC(=O)C1=C(c2ccccc2)N=c2s/c(=C\c3cn(CC#N)c4ccccc34)c(=O)n2[C@@H]1c1ccc(SC)cc1. The summed E-state index contributed by atoms with van der Waals surface area (Å²) in [6.07, 6.45) is 5.75. The van der Waals surface area contributed by atoms with Crippen molar-refractivity contribution in [2.45, 2.75) is 24.4 Å². The van der Waals surface area contributed by atoms with Gasteiger partial charge in [-0.05, 0) is 43.0 Å². The third-order valence-corrected chi connectivity index (χ3v) is 8.88. The second kappa shape index (κ2) is 11.7. The lowest BCUT2D eigenvalue weighted by Gasteiger charge is -2.26. The van der Waals surface area contributed by atoms with Crippen molar-refractivity contribution in [1.29, 1.82) is 5.26 Å². The van der Waals surface area contributed by atoms with Crippen molar-refractivity contribution in [2.24, 2.45) is 4.99 Å². The Morgan fingerprint density at radius 3 is 2.55 bits per heavy atom. The highest BCUT2D eigenvalue weighted by Gasteiger charge is 2.35. The maximum absolute atomic E-state index is 14.2. The molecule has 0 saturated heterocycles. The number of ether oxygens (including phenoxy) is 1. The zero-order valence-electron chi connectivity index (χ0n) is 23.0. The lowest BCUT2D eigenvalue weighted by Crippen LogP contribution is -2.40.